The Kier molecular flexibility index (Phi) is 4.11. The number of benzene rings is 1. The van der Waals surface area contributed by atoms with Crippen molar-refractivity contribution in [3.05, 3.63) is 59.4 Å². The zero-order valence-corrected chi connectivity index (χ0v) is 10.9. The van der Waals surface area contributed by atoms with Gasteiger partial charge >= 0.3 is 6.18 Å². The van der Waals surface area contributed by atoms with Crippen LogP contribution in [0.2, 0.25) is 0 Å². The van der Waals surface area contributed by atoms with Crippen LogP contribution in [0.15, 0.2) is 36.5 Å². The molecule has 0 saturated carbocycles. The quantitative estimate of drug-likeness (QED) is 0.841. The molecule has 0 fully saturated rings. The summed E-state index contributed by atoms with van der Waals surface area (Å²) in [5.41, 5.74) is -0.789. The van der Waals surface area contributed by atoms with Crippen LogP contribution in [0, 0.1) is 11.6 Å². The molecule has 1 unspecified atom stereocenters. The highest BCUT2D eigenvalue weighted by Gasteiger charge is 2.34. The highest BCUT2D eigenvalue weighted by Crippen LogP contribution is 2.33. The van der Waals surface area contributed by atoms with Crippen LogP contribution in [-0.4, -0.2) is 4.98 Å². The van der Waals surface area contributed by atoms with E-state index >= 15 is 0 Å². The molecule has 0 amide bonds. The van der Waals surface area contributed by atoms with Gasteiger partial charge in [-0.2, -0.15) is 13.2 Å². The summed E-state index contributed by atoms with van der Waals surface area (Å²) in [6.45, 7) is 1.65. The molecule has 112 valence electrons. The summed E-state index contributed by atoms with van der Waals surface area (Å²) < 4.78 is 63.8. The summed E-state index contributed by atoms with van der Waals surface area (Å²) in [6.07, 6.45) is -3.75. The minimum Gasteiger partial charge on any atom is -0.377 e. The van der Waals surface area contributed by atoms with Crippen molar-refractivity contribution in [2.45, 2.75) is 19.1 Å². The van der Waals surface area contributed by atoms with Gasteiger partial charge in [-0.15, -0.1) is 0 Å². The van der Waals surface area contributed by atoms with Crippen LogP contribution in [-0.2, 0) is 6.18 Å². The number of rotatable bonds is 3. The van der Waals surface area contributed by atoms with Gasteiger partial charge in [0, 0.05) is 5.69 Å². The van der Waals surface area contributed by atoms with Gasteiger partial charge in [0.1, 0.15) is 11.6 Å². The number of alkyl halides is 3. The molecule has 21 heavy (non-hydrogen) atoms. The molecule has 2 rings (SSSR count). The van der Waals surface area contributed by atoms with E-state index in [1.165, 1.54) is 18.2 Å². The Morgan fingerprint density at radius 1 is 1.10 bits per heavy atom. The fourth-order valence-corrected chi connectivity index (χ4v) is 1.80. The minimum atomic E-state index is -4.76. The first-order valence-corrected chi connectivity index (χ1v) is 6.02. The molecule has 0 aliphatic heterocycles. The third-order valence-electron chi connectivity index (χ3n) is 2.85. The molecule has 0 aliphatic carbocycles. The first-order chi connectivity index (χ1) is 9.77. The number of hydrogen-bond acceptors (Lipinski definition) is 2. The fraction of sp³-hybridized carbons (Fsp3) is 0.214. The summed E-state index contributed by atoms with van der Waals surface area (Å²) >= 11 is 0. The Bertz CT molecular complexity index is 622. The maximum absolute atomic E-state index is 13.2. The van der Waals surface area contributed by atoms with Crippen LogP contribution in [0.3, 0.4) is 0 Å². The highest BCUT2D eigenvalue weighted by atomic mass is 19.4. The fourth-order valence-electron chi connectivity index (χ4n) is 1.80. The van der Waals surface area contributed by atoms with Crippen LogP contribution in [0.4, 0.5) is 27.6 Å². The maximum Gasteiger partial charge on any atom is 0.419 e. The Morgan fingerprint density at radius 2 is 1.81 bits per heavy atom. The van der Waals surface area contributed by atoms with Crippen LogP contribution < -0.4 is 5.32 Å². The van der Waals surface area contributed by atoms with Crippen molar-refractivity contribution < 1.29 is 22.0 Å². The number of aromatic nitrogens is 1. The average Bonchev–Trinajstić information content (AvgIpc) is 2.40. The molecule has 1 N–H and O–H groups in total. The van der Waals surface area contributed by atoms with E-state index in [-0.39, 0.29) is 5.69 Å². The Balaban J connectivity index is 2.21. The number of pyridine rings is 1. The molecule has 2 aromatic rings. The van der Waals surface area contributed by atoms with Gasteiger partial charge in [-0.25, -0.2) is 8.78 Å². The first-order valence-electron chi connectivity index (χ1n) is 6.02. The lowest BCUT2D eigenvalue weighted by Crippen LogP contribution is -2.12. The molecule has 0 radical (unpaired) electrons. The van der Waals surface area contributed by atoms with Crippen molar-refractivity contribution in [3.63, 3.8) is 0 Å². The van der Waals surface area contributed by atoms with Crippen molar-refractivity contribution >= 4 is 5.69 Å². The molecule has 1 heterocycles. The van der Waals surface area contributed by atoms with E-state index in [1.54, 1.807) is 6.92 Å². The lowest BCUT2D eigenvalue weighted by atomic mass is 10.1. The van der Waals surface area contributed by atoms with Crippen molar-refractivity contribution in [3.8, 4) is 0 Å². The normalized spacial score (nSPS) is 13.0. The zero-order valence-electron chi connectivity index (χ0n) is 10.9. The van der Waals surface area contributed by atoms with Gasteiger partial charge in [0.25, 0.3) is 0 Å². The van der Waals surface area contributed by atoms with Gasteiger partial charge in [0.05, 0.1) is 23.5 Å². The van der Waals surface area contributed by atoms with E-state index in [2.05, 4.69) is 10.3 Å². The topological polar surface area (TPSA) is 24.9 Å². The summed E-state index contributed by atoms with van der Waals surface area (Å²) in [7, 11) is 0. The monoisotopic (exact) mass is 302 g/mol. The molecular formula is C14H11F5N2. The number of nitrogens with one attached hydrogen (secondary N) is 1. The SMILES string of the molecule is CC(Nc1ccc(F)c(C(F)(F)F)c1)c1ccc(F)cn1. The lowest BCUT2D eigenvalue weighted by molar-refractivity contribution is -0.139. The maximum atomic E-state index is 13.2. The van der Waals surface area contributed by atoms with Gasteiger partial charge < -0.3 is 5.32 Å². The Hall–Kier alpha value is -2.18. The summed E-state index contributed by atoms with van der Waals surface area (Å²) in [5.74, 6) is -1.84. The van der Waals surface area contributed by atoms with Crippen molar-refractivity contribution in [1.29, 1.82) is 0 Å². The van der Waals surface area contributed by atoms with Crippen molar-refractivity contribution in [2.75, 3.05) is 5.32 Å². The molecule has 1 atom stereocenters. The smallest absolute Gasteiger partial charge is 0.377 e. The molecular weight excluding hydrogens is 291 g/mol. The lowest BCUT2D eigenvalue weighted by Gasteiger charge is -2.16. The van der Waals surface area contributed by atoms with E-state index in [4.69, 9.17) is 0 Å². The van der Waals surface area contributed by atoms with Crippen LogP contribution in [0.5, 0.6) is 0 Å². The van der Waals surface area contributed by atoms with Gasteiger partial charge in [0.15, 0.2) is 0 Å². The second-order valence-corrected chi connectivity index (χ2v) is 4.46. The Labute approximate surface area is 117 Å². The van der Waals surface area contributed by atoms with E-state index < -0.39 is 29.4 Å². The van der Waals surface area contributed by atoms with Gasteiger partial charge in [-0.3, -0.25) is 4.98 Å². The number of halogens is 5. The number of hydrogen-bond donors (Lipinski definition) is 1. The molecule has 7 heteroatoms. The van der Waals surface area contributed by atoms with Crippen LogP contribution >= 0.6 is 0 Å². The van der Waals surface area contributed by atoms with E-state index in [0.29, 0.717) is 11.8 Å². The standard InChI is InChI=1S/C14H11F5N2/c1-8(13-5-2-9(15)7-20-13)21-10-3-4-12(16)11(6-10)14(17,18)19/h2-8,21H,1H3. The van der Waals surface area contributed by atoms with Gasteiger partial charge in [-0.05, 0) is 37.3 Å². The third kappa shape index (κ3) is 3.68. The molecule has 2 nitrogen and oxygen atoms in total. The summed E-state index contributed by atoms with van der Waals surface area (Å²) in [5, 5.41) is 2.77. The predicted octanol–water partition coefficient (Wildman–Crippen LogP) is 4.55. The number of nitrogens with zero attached hydrogens (tertiary/aromatic N) is 1. The van der Waals surface area contributed by atoms with Crippen LogP contribution in [0.1, 0.15) is 24.2 Å². The Morgan fingerprint density at radius 3 is 2.38 bits per heavy atom. The third-order valence-corrected chi connectivity index (χ3v) is 2.85. The minimum absolute atomic E-state index is 0.0994. The predicted molar refractivity (Wildman–Crippen MR) is 67.6 cm³/mol. The first kappa shape index (κ1) is 15.2. The molecule has 1 aromatic carbocycles. The second-order valence-electron chi connectivity index (χ2n) is 4.46. The zero-order chi connectivity index (χ0) is 15.6. The molecule has 0 aliphatic rings. The summed E-state index contributed by atoms with van der Waals surface area (Å²) in [4.78, 5) is 3.83. The number of anilines is 1. The van der Waals surface area contributed by atoms with Gasteiger partial charge in [-0.1, -0.05) is 0 Å². The average molecular weight is 302 g/mol. The molecule has 0 spiro atoms. The molecule has 0 saturated heterocycles. The van der Waals surface area contributed by atoms with E-state index in [0.717, 1.165) is 12.3 Å². The van der Waals surface area contributed by atoms with E-state index in [9.17, 15) is 22.0 Å². The van der Waals surface area contributed by atoms with Crippen LogP contribution in [0.25, 0.3) is 0 Å². The van der Waals surface area contributed by atoms with Crippen molar-refractivity contribution in [1.82, 2.24) is 4.98 Å². The van der Waals surface area contributed by atoms with Gasteiger partial charge in [0.2, 0.25) is 0 Å². The van der Waals surface area contributed by atoms with Crippen molar-refractivity contribution in [2.24, 2.45) is 0 Å². The second kappa shape index (κ2) is 5.67. The molecule has 0 bridgehead atoms. The largest absolute Gasteiger partial charge is 0.419 e. The summed E-state index contributed by atoms with van der Waals surface area (Å²) in [6, 6.07) is 4.79. The highest BCUT2D eigenvalue weighted by molar-refractivity contribution is 5.48. The molecule has 1 aromatic heterocycles. The van der Waals surface area contributed by atoms with E-state index in [1.807, 2.05) is 0 Å².